The molecule has 0 aromatic rings. The van der Waals surface area contributed by atoms with E-state index in [1.54, 1.807) is 0 Å². The van der Waals surface area contributed by atoms with Gasteiger partial charge in [0.15, 0.2) is 0 Å². The zero-order valence-corrected chi connectivity index (χ0v) is 8.63. The maximum Gasteiger partial charge on any atom is 0.228 e. The Balaban J connectivity index is 2.41. The van der Waals surface area contributed by atoms with Crippen molar-refractivity contribution in [2.24, 2.45) is 11.3 Å². The molecule has 1 saturated carbocycles. The lowest BCUT2D eigenvalue weighted by Gasteiger charge is -2.20. The molecule has 0 spiro atoms. The van der Waals surface area contributed by atoms with Gasteiger partial charge < -0.3 is 10.4 Å². The second-order valence-electron chi connectivity index (χ2n) is 4.44. The topological polar surface area (TPSA) is 49.3 Å². The summed E-state index contributed by atoms with van der Waals surface area (Å²) in [5, 5.41) is 12.0. The second-order valence-corrected chi connectivity index (χ2v) is 4.44. The minimum atomic E-state index is -0.427. The third-order valence-corrected chi connectivity index (χ3v) is 3.00. The number of hydrogen-bond donors (Lipinski definition) is 2. The van der Waals surface area contributed by atoms with E-state index < -0.39 is 5.41 Å². The van der Waals surface area contributed by atoms with Gasteiger partial charge in [0, 0.05) is 6.04 Å². The number of hydrogen-bond acceptors (Lipinski definition) is 2. The van der Waals surface area contributed by atoms with Crippen molar-refractivity contribution < 1.29 is 9.90 Å². The Labute approximate surface area is 79.5 Å². The van der Waals surface area contributed by atoms with E-state index in [2.05, 4.69) is 19.2 Å². The van der Waals surface area contributed by atoms with Gasteiger partial charge in [0.25, 0.3) is 0 Å². The zero-order chi connectivity index (χ0) is 10.1. The Kier molecular flexibility index (Phi) is 2.96. The van der Waals surface area contributed by atoms with Crippen molar-refractivity contribution in [3.63, 3.8) is 0 Å². The molecule has 0 aromatic heterocycles. The molecule has 0 aliphatic heterocycles. The van der Waals surface area contributed by atoms with Gasteiger partial charge in [0.2, 0.25) is 5.91 Å². The summed E-state index contributed by atoms with van der Waals surface area (Å²) in [6.45, 7) is 6.13. The molecule has 2 N–H and O–H groups in total. The van der Waals surface area contributed by atoms with Crippen LogP contribution in [0.1, 0.15) is 33.6 Å². The van der Waals surface area contributed by atoms with Crippen molar-refractivity contribution in [3.05, 3.63) is 0 Å². The summed E-state index contributed by atoms with van der Waals surface area (Å²) in [7, 11) is 0. The molecule has 3 nitrogen and oxygen atoms in total. The SMILES string of the molecule is CC(C)[C@@H](C)NC(=O)C1(CO)CC1. The molecular weight excluding hydrogens is 166 g/mol. The fourth-order valence-corrected chi connectivity index (χ4v) is 1.13. The van der Waals surface area contributed by atoms with Gasteiger partial charge in [-0.1, -0.05) is 13.8 Å². The molecular formula is C10H19NO2. The molecule has 0 radical (unpaired) electrons. The van der Waals surface area contributed by atoms with Gasteiger partial charge in [0.1, 0.15) is 0 Å². The molecule has 1 atom stereocenters. The van der Waals surface area contributed by atoms with Crippen LogP contribution in [-0.2, 0) is 4.79 Å². The van der Waals surface area contributed by atoms with Crippen LogP contribution in [0.3, 0.4) is 0 Å². The normalized spacial score (nSPS) is 21.3. The summed E-state index contributed by atoms with van der Waals surface area (Å²) >= 11 is 0. The molecule has 76 valence electrons. The number of aliphatic hydroxyl groups excluding tert-OH is 1. The predicted octanol–water partition coefficient (Wildman–Crippen LogP) is 0.920. The number of carbonyl (C=O) groups excluding carboxylic acids is 1. The van der Waals surface area contributed by atoms with E-state index in [0.717, 1.165) is 12.8 Å². The highest BCUT2D eigenvalue weighted by Gasteiger charge is 2.49. The summed E-state index contributed by atoms with van der Waals surface area (Å²) < 4.78 is 0. The van der Waals surface area contributed by atoms with Crippen LogP contribution in [0.2, 0.25) is 0 Å². The summed E-state index contributed by atoms with van der Waals surface area (Å²) in [6.07, 6.45) is 1.67. The molecule has 1 amide bonds. The second kappa shape index (κ2) is 3.66. The molecule has 3 heteroatoms. The Morgan fingerprint density at radius 3 is 2.31 bits per heavy atom. The lowest BCUT2D eigenvalue weighted by atomic mass is 10.0. The summed E-state index contributed by atoms with van der Waals surface area (Å²) in [6, 6.07) is 0.191. The first-order chi connectivity index (χ1) is 6.02. The number of aliphatic hydroxyl groups is 1. The highest BCUT2D eigenvalue weighted by Crippen LogP contribution is 2.45. The van der Waals surface area contributed by atoms with Crippen molar-refractivity contribution in [3.8, 4) is 0 Å². The Morgan fingerprint density at radius 2 is 2.00 bits per heavy atom. The van der Waals surface area contributed by atoms with Crippen LogP contribution >= 0.6 is 0 Å². The molecule has 1 aliphatic rings. The first-order valence-electron chi connectivity index (χ1n) is 4.94. The lowest BCUT2D eigenvalue weighted by Crippen LogP contribution is -2.42. The van der Waals surface area contributed by atoms with E-state index in [4.69, 9.17) is 5.11 Å². The molecule has 1 rings (SSSR count). The summed E-state index contributed by atoms with van der Waals surface area (Å²) in [5.74, 6) is 0.467. The average molecular weight is 185 g/mol. The van der Waals surface area contributed by atoms with E-state index in [9.17, 15) is 4.79 Å². The van der Waals surface area contributed by atoms with Crippen molar-refractivity contribution in [2.45, 2.75) is 39.7 Å². The monoisotopic (exact) mass is 185 g/mol. The first-order valence-corrected chi connectivity index (χ1v) is 4.94. The fraction of sp³-hybridized carbons (Fsp3) is 0.900. The van der Waals surface area contributed by atoms with Gasteiger partial charge in [-0.3, -0.25) is 4.79 Å². The third kappa shape index (κ3) is 2.21. The molecule has 0 unspecified atom stereocenters. The molecule has 1 aliphatic carbocycles. The molecule has 1 fully saturated rings. The van der Waals surface area contributed by atoms with Crippen molar-refractivity contribution in [1.82, 2.24) is 5.32 Å². The maximum absolute atomic E-state index is 11.6. The fourth-order valence-electron chi connectivity index (χ4n) is 1.13. The molecule has 0 aromatic carbocycles. The van der Waals surface area contributed by atoms with Crippen LogP contribution in [-0.4, -0.2) is 23.7 Å². The largest absolute Gasteiger partial charge is 0.395 e. The summed E-state index contributed by atoms with van der Waals surface area (Å²) in [5.41, 5.74) is -0.427. The number of amides is 1. The van der Waals surface area contributed by atoms with Crippen LogP contribution in [0.25, 0.3) is 0 Å². The van der Waals surface area contributed by atoms with E-state index in [1.165, 1.54) is 0 Å². The molecule has 0 heterocycles. The van der Waals surface area contributed by atoms with E-state index in [0.29, 0.717) is 5.92 Å². The van der Waals surface area contributed by atoms with Gasteiger partial charge in [-0.2, -0.15) is 0 Å². The smallest absolute Gasteiger partial charge is 0.228 e. The predicted molar refractivity (Wildman–Crippen MR) is 51.2 cm³/mol. The standard InChI is InChI=1S/C10H19NO2/c1-7(2)8(3)11-9(13)10(6-12)4-5-10/h7-8,12H,4-6H2,1-3H3,(H,11,13)/t8-/m1/s1. The van der Waals surface area contributed by atoms with Crippen molar-refractivity contribution in [1.29, 1.82) is 0 Å². The zero-order valence-electron chi connectivity index (χ0n) is 8.63. The van der Waals surface area contributed by atoms with Crippen LogP contribution in [0, 0.1) is 11.3 Å². The molecule has 0 saturated heterocycles. The van der Waals surface area contributed by atoms with E-state index in [1.807, 2.05) is 6.92 Å². The van der Waals surface area contributed by atoms with Gasteiger partial charge in [-0.05, 0) is 25.7 Å². The highest BCUT2D eigenvalue weighted by atomic mass is 16.3. The third-order valence-electron chi connectivity index (χ3n) is 3.00. The number of rotatable bonds is 4. The Bertz CT molecular complexity index is 197. The quantitative estimate of drug-likeness (QED) is 0.684. The first kappa shape index (κ1) is 10.5. The average Bonchev–Trinajstić information content (AvgIpc) is 2.84. The van der Waals surface area contributed by atoms with Gasteiger partial charge in [-0.15, -0.1) is 0 Å². The summed E-state index contributed by atoms with van der Waals surface area (Å²) in [4.78, 5) is 11.6. The van der Waals surface area contributed by atoms with E-state index in [-0.39, 0.29) is 18.6 Å². The lowest BCUT2D eigenvalue weighted by molar-refractivity contribution is -0.128. The minimum absolute atomic E-state index is 0.0103. The molecule has 0 bridgehead atoms. The van der Waals surface area contributed by atoms with Crippen LogP contribution in [0.15, 0.2) is 0 Å². The minimum Gasteiger partial charge on any atom is -0.395 e. The van der Waals surface area contributed by atoms with Crippen molar-refractivity contribution >= 4 is 5.91 Å². The van der Waals surface area contributed by atoms with Gasteiger partial charge >= 0.3 is 0 Å². The van der Waals surface area contributed by atoms with Crippen LogP contribution in [0.4, 0.5) is 0 Å². The van der Waals surface area contributed by atoms with Crippen molar-refractivity contribution in [2.75, 3.05) is 6.61 Å². The Morgan fingerprint density at radius 1 is 1.46 bits per heavy atom. The van der Waals surface area contributed by atoms with Crippen LogP contribution in [0.5, 0.6) is 0 Å². The van der Waals surface area contributed by atoms with E-state index >= 15 is 0 Å². The van der Waals surface area contributed by atoms with Gasteiger partial charge in [0.05, 0.1) is 12.0 Å². The maximum atomic E-state index is 11.6. The van der Waals surface area contributed by atoms with Gasteiger partial charge in [-0.25, -0.2) is 0 Å². The number of nitrogens with one attached hydrogen (secondary N) is 1. The Hall–Kier alpha value is -0.570. The molecule has 13 heavy (non-hydrogen) atoms. The highest BCUT2D eigenvalue weighted by molar-refractivity contribution is 5.85. The number of carbonyl (C=O) groups is 1. The van der Waals surface area contributed by atoms with Crippen LogP contribution < -0.4 is 5.32 Å².